The van der Waals surface area contributed by atoms with Crippen LogP contribution >= 0.6 is 15.9 Å². The molecule has 1 N–H and O–H groups in total. The third-order valence-electron chi connectivity index (χ3n) is 3.48. The number of hydrogen-bond acceptors (Lipinski definition) is 3. The van der Waals surface area contributed by atoms with E-state index in [9.17, 15) is 0 Å². The number of hydrogen-bond donors (Lipinski definition) is 1. The highest BCUT2D eigenvalue weighted by molar-refractivity contribution is 9.10. The first-order chi connectivity index (χ1) is 8.69. The fourth-order valence-corrected chi connectivity index (χ4v) is 2.73. The fourth-order valence-electron chi connectivity index (χ4n) is 2.46. The van der Waals surface area contributed by atoms with Crippen LogP contribution in [0, 0.1) is 5.92 Å². The first kappa shape index (κ1) is 14.0. The molecule has 1 saturated heterocycles. The summed E-state index contributed by atoms with van der Waals surface area (Å²) in [5, 5.41) is 3.33. The molecule has 0 saturated carbocycles. The van der Waals surface area contributed by atoms with Gasteiger partial charge >= 0.3 is 0 Å². The molecule has 2 atom stereocenters. The fraction of sp³-hybridized carbons (Fsp3) is 0.571. The zero-order valence-corrected chi connectivity index (χ0v) is 12.6. The number of likely N-dealkylation sites (N-methyl/N-ethyl adjacent to an activating group) is 1. The van der Waals surface area contributed by atoms with Gasteiger partial charge in [0.15, 0.2) is 0 Å². The second kappa shape index (κ2) is 6.66. The van der Waals surface area contributed by atoms with Crippen LogP contribution in [0.3, 0.4) is 0 Å². The molecule has 0 aliphatic carbocycles. The van der Waals surface area contributed by atoms with Crippen LogP contribution in [-0.4, -0.2) is 44.8 Å². The highest BCUT2D eigenvalue weighted by atomic mass is 79.9. The Balaban J connectivity index is 1.84. The smallest absolute Gasteiger partial charge is 0.0623 e. The average molecular weight is 313 g/mol. The molecule has 1 aliphatic rings. The van der Waals surface area contributed by atoms with Gasteiger partial charge in [-0.1, -0.05) is 28.1 Å². The Hall–Kier alpha value is -0.420. The third kappa shape index (κ3) is 3.79. The van der Waals surface area contributed by atoms with Gasteiger partial charge in [-0.3, -0.25) is 0 Å². The standard InChI is InChI=1S/C14H21BrN2O/c1-16-14-10-18-9-12(14)8-17(2)7-11-3-5-13(15)6-4-11/h3-6,12,14,16H,7-10H2,1-2H3. The number of nitrogens with one attached hydrogen (secondary N) is 1. The third-order valence-corrected chi connectivity index (χ3v) is 4.01. The van der Waals surface area contributed by atoms with E-state index in [2.05, 4.69) is 57.5 Å². The van der Waals surface area contributed by atoms with E-state index in [1.807, 2.05) is 7.05 Å². The minimum atomic E-state index is 0.498. The van der Waals surface area contributed by atoms with E-state index >= 15 is 0 Å². The molecule has 18 heavy (non-hydrogen) atoms. The van der Waals surface area contributed by atoms with Gasteiger partial charge in [0.1, 0.15) is 0 Å². The second-order valence-corrected chi connectivity index (χ2v) is 5.93. The first-order valence-corrected chi connectivity index (χ1v) is 7.16. The molecule has 0 radical (unpaired) electrons. The Kier molecular flexibility index (Phi) is 5.18. The average Bonchev–Trinajstić information content (AvgIpc) is 2.79. The number of rotatable bonds is 5. The van der Waals surface area contributed by atoms with Crippen LogP contribution in [0.4, 0.5) is 0 Å². The lowest BCUT2D eigenvalue weighted by atomic mass is 10.0. The van der Waals surface area contributed by atoms with Gasteiger partial charge in [-0.25, -0.2) is 0 Å². The summed E-state index contributed by atoms with van der Waals surface area (Å²) >= 11 is 3.46. The van der Waals surface area contributed by atoms with Gasteiger partial charge in [0, 0.05) is 29.5 Å². The van der Waals surface area contributed by atoms with Gasteiger partial charge in [0.25, 0.3) is 0 Å². The number of ether oxygens (including phenoxy) is 1. The van der Waals surface area contributed by atoms with Gasteiger partial charge in [-0.05, 0) is 31.8 Å². The van der Waals surface area contributed by atoms with Crippen molar-refractivity contribution in [2.75, 3.05) is 33.9 Å². The van der Waals surface area contributed by atoms with E-state index in [4.69, 9.17) is 4.74 Å². The molecule has 0 aromatic heterocycles. The van der Waals surface area contributed by atoms with E-state index < -0.39 is 0 Å². The van der Waals surface area contributed by atoms with E-state index in [1.165, 1.54) is 5.56 Å². The second-order valence-electron chi connectivity index (χ2n) is 5.02. The van der Waals surface area contributed by atoms with Crippen LogP contribution in [0.15, 0.2) is 28.7 Å². The molecule has 3 nitrogen and oxygen atoms in total. The Labute approximate surface area is 118 Å². The van der Waals surface area contributed by atoms with Gasteiger partial charge < -0.3 is 15.0 Å². The van der Waals surface area contributed by atoms with Crippen molar-refractivity contribution in [3.05, 3.63) is 34.3 Å². The van der Waals surface area contributed by atoms with E-state index in [-0.39, 0.29) is 0 Å². The molecular formula is C14H21BrN2O. The number of nitrogens with zero attached hydrogens (tertiary/aromatic N) is 1. The monoisotopic (exact) mass is 312 g/mol. The molecule has 0 bridgehead atoms. The highest BCUT2D eigenvalue weighted by Crippen LogP contribution is 2.16. The Morgan fingerprint density at radius 2 is 2.06 bits per heavy atom. The summed E-state index contributed by atoms with van der Waals surface area (Å²) < 4.78 is 6.66. The molecule has 1 aromatic carbocycles. The zero-order chi connectivity index (χ0) is 13.0. The maximum Gasteiger partial charge on any atom is 0.0623 e. The van der Waals surface area contributed by atoms with Crippen LogP contribution in [0.2, 0.25) is 0 Å². The van der Waals surface area contributed by atoms with Gasteiger partial charge in [-0.15, -0.1) is 0 Å². The summed E-state index contributed by atoms with van der Waals surface area (Å²) in [6.45, 7) is 3.77. The van der Waals surface area contributed by atoms with E-state index in [1.54, 1.807) is 0 Å². The lowest BCUT2D eigenvalue weighted by Crippen LogP contribution is -2.38. The first-order valence-electron chi connectivity index (χ1n) is 6.37. The van der Waals surface area contributed by atoms with Crippen LogP contribution in [-0.2, 0) is 11.3 Å². The molecule has 2 rings (SSSR count). The zero-order valence-electron chi connectivity index (χ0n) is 11.0. The normalized spacial score (nSPS) is 23.8. The molecule has 1 aliphatic heterocycles. The highest BCUT2D eigenvalue weighted by Gasteiger charge is 2.27. The van der Waals surface area contributed by atoms with Crippen molar-refractivity contribution in [3.8, 4) is 0 Å². The topological polar surface area (TPSA) is 24.5 Å². The van der Waals surface area contributed by atoms with Gasteiger partial charge in [0.2, 0.25) is 0 Å². The van der Waals surface area contributed by atoms with Gasteiger partial charge in [0.05, 0.1) is 13.2 Å². The molecule has 0 amide bonds. The Morgan fingerprint density at radius 1 is 1.33 bits per heavy atom. The van der Waals surface area contributed by atoms with Crippen LogP contribution in [0.5, 0.6) is 0 Å². The minimum absolute atomic E-state index is 0.498. The lowest BCUT2D eigenvalue weighted by Gasteiger charge is -2.24. The summed E-state index contributed by atoms with van der Waals surface area (Å²) in [5.41, 5.74) is 1.35. The molecular weight excluding hydrogens is 292 g/mol. The summed E-state index contributed by atoms with van der Waals surface area (Å²) in [6.07, 6.45) is 0. The van der Waals surface area contributed by atoms with Crippen molar-refractivity contribution in [2.24, 2.45) is 5.92 Å². The van der Waals surface area contributed by atoms with Crippen LogP contribution in [0.1, 0.15) is 5.56 Å². The molecule has 1 heterocycles. The predicted molar refractivity (Wildman–Crippen MR) is 77.6 cm³/mol. The summed E-state index contributed by atoms with van der Waals surface area (Å²) in [4.78, 5) is 2.37. The van der Waals surface area contributed by atoms with Gasteiger partial charge in [-0.2, -0.15) is 0 Å². The van der Waals surface area contributed by atoms with Crippen molar-refractivity contribution in [3.63, 3.8) is 0 Å². The van der Waals surface area contributed by atoms with Crippen LogP contribution in [0.25, 0.3) is 0 Å². The quantitative estimate of drug-likeness (QED) is 0.901. The predicted octanol–water partition coefficient (Wildman–Crippen LogP) is 2.12. The molecule has 1 aromatic rings. The van der Waals surface area contributed by atoms with E-state index in [0.29, 0.717) is 12.0 Å². The molecule has 100 valence electrons. The molecule has 1 fully saturated rings. The lowest BCUT2D eigenvalue weighted by molar-refractivity contribution is 0.172. The summed E-state index contributed by atoms with van der Waals surface area (Å²) in [6, 6.07) is 9.02. The number of halogens is 1. The van der Waals surface area contributed by atoms with Crippen molar-refractivity contribution < 1.29 is 4.74 Å². The van der Waals surface area contributed by atoms with Crippen molar-refractivity contribution >= 4 is 15.9 Å². The molecule has 0 spiro atoms. The number of benzene rings is 1. The van der Waals surface area contributed by atoms with E-state index in [0.717, 1.165) is 30.8 Å². The van der Waals surface area contributed by atoms with Crippen molar-refractivity contribution in [1.29, 1.82) is 0 Å². The summed E-state index contributed by atoms with van der Waals surface area (Å²) in [7, 11) is 4.19. The van der Waals surface area contributed by atoms with Crippen LogP contribution < -0.4 is 5.32 Å². The Bertz CT molecular complexity index is 369. The van der Waals surface area contributed by atoms with Crippen molar-refractivity contribution in [1.82, 2.24) is 10.2 Å². The summed E-state index contributed by atoms with van der Waals surface area (Å²) in [5.74, 6) is 0.593. The Morgan fingerprint density at radius 3 is 2.72 bits per heavy atom. The maximum atomic E-state index is 5.53. The van der Waals surface area contributed by atoms with Crippen molar-refractivity contribution in [2.45, 2.75) is 12.6 Å². The molecule has 2 unspecified atom stereocenters. The molecule has 4 heteroatoms. The maximum absolute atomic E-state index is 5.53. The SMILES string of the molecule is CNC1COCC1CN(C)Cc1ccc(Br)cc1. The largest absolute Gasteiger partial charge is 0.379 e. The minimum Gasteiger partial charge on any atom is -0.379 e.